The van der Waals surface area contributed by atoms with Gasteiger partial charge in [0.25, 0.3) is 0 Å². The topological polar surface area (TPSA) is 42.4 Å². The Morgan fingerprint density at radius 3 is 2.68 bits per heavy atom. The Hall–Kier alpha value is -1.87. The van der Waals surface area contributed by atoms with Crippen molar-refractivity contribution in [3.8, 4) is 0 Å². The van der Waals surface area contributed by atoms with Crippen molar-refractivity contribution < 1.29 is 13.9 Å². The molecule has 0 aliphatic carbocycles. The van der Waals surface area contributed by atoms with E-state index in [0.29, 0.717) is 30.1 Å². The van der Waals surface area contributed by atoms with Gasteiger partial charge in [-0.2, -0.15) is 0 Å². The summed E-state index contributed by atoms with van der Waals surface area (Å²) in [4.78, 5) is 18.1. The number of amides is 1. The summed E-state index contributed by atoms with van der Waals surface area (Å²) in [5.74, 6) is 0.351. The van der Waals surface area contributed by atoms with Crippen molar-refractivity contribution in [3.05, 3.63) is 60.0 Å². The van der Waals surface area contributed by atoms with Crippen LogP contribution in [0.3, 0.4) is 0 Å². The molecular weight excluding hydrogens is 382 g/mol. The Labute approximate surface area is 154 Å². The SMILES string of the molecule is O=C(OCc1ccccc1)N1CCC(C[As]c2ncccc2F)CC1. The van der Waals surface area contributed by atoms with Crippen LogP contribution in [0.4, 0.5) is 9.18 Å². The van der Waals surface area contributed by atoms with Crippen LogP contribution in [0, 0.1) is 11.7 Å². The third-order valence-electron chi connectivity index (χ3n) is 4.32. The standard InChI is InChI=1S/C19H21AsFN2O2/c21-17-7-4-10-22-18(17)20-13-15-8-11-23(12-9-15)19(24)25-14-16-5-2-1-3-6-16/h1-7,10,15H,8-9,11-14H2. The molecule has 1 saturated heterocycles. The molecule has 0 saturated carbocycles. The van der Waals surface area contributed by atoms with Gasteiger partial charge in [-0.05, 0) is 0 Å². The number of likely N-dealkylation sites (tertiary alicyclic amines) is 1. The summed E-state index contributed by atoms with van der Waals surface area (Å²) in [6.07, 6.45) is 3.31. The first-order valence-electron chi connectivity index (χ1n) is 8.46. The van der Waals surface area contributed by atoms with Gasteiger partial charge < -0.3 is 0 Å². The first-order chi connectivity index (χ1) is 12.2. The average molecular weight is 403 g/mol. The molecule has 0 spiro atoms. The molecule has 0 bridgehead atoms. The third kappa shape index (κ3) is 5.30. The second kappa shape index (κ2) is 9.00. The number of hydrogen-bond donors (Lipinski definition) is 0. The van der Waals surface area contributed by atoms with Gasteiger partial charge in [0.1, 0.15) is 0 Å². The third-order valence-corrected chi connectivity index (χ3v) is 7.10. The fourth-order valence-corrected chi connectivity index (χ4v) is 5.27. The van der Waals surface area contributed by atoms with Crippen molar-refractivity contribution in [2.24, 2.45) is 5.92 Å². The molecule has 2 aromatic rings. The molecule has 1 radical (unpaired) electrons. The van der Waals surface area contributed by atoms with Crippen molar-refractivity contribution in [1.29, 1.82) is 0 Å². The number of carbonyl (C=O) groups is 1. The predicted molar refractivity (Wildman–Crippen MR) is 95.3 cm³/mol. The number of hydrogen-bond acceptors (Lipinski definition) is 3. The average Bonchev–Trinajstić information content (AvgIpc) is 2.67. The maximum atomic E-state index is 13.6. The molecule has 4 nitrogen and oxygen atoms in total. The van der Waals surface area contributed by atoms with Crippen LogP contribution in [0.25, 0.3) is 0 Å². The second-order valence-electron chi connectivity index (χ2n) is 6.12. The van der Waals surface area contributed by atoms with E-state index in [4.69, 9.17) is 4.74 Å². The van der Waals surface area contributed by atoms with Crippen molar-refractivity contribution in [2.45, 2.75) is 24.7 Å². The zero-order valence-corrected chi connectivity index (χ0v) is 15.9. The van der Waals surface area contributed by atoms with Crippen LogP contribution in [-0.2, 0) is 11.3 Å². The van der Waals surface area contributed by atoms with Crippen LogP contribution in [-0.4, -0.2) is 44.8 Å². The first-order valence-corrected chi connectivity index (χ1v) is 10.7. The molecule has 1 amide bonds. The molecule has 1 fully saturated rings. The quantitative estimate of drug-likeness (QED) is 0.721. The number of ether oxygens (including phenoxy) is 1. The Kier molecular flexibility index (Phi) is 6.46. The molecule has 0 N–H and O–H groups in total. The van der Waals surface area contributed by atoms with Crippen LogP contribution in [0.2, 0.25) is 5.21 Å². The van der Waals surface area contributed by atoms with Crippen molar-refractivity contribution in [3.63, 3.8) is 0 Å². The first kappa shape index (κ1) is 17.9. The summed E-state index contributed by atoms with van der Waals surface area (Å²) in [6.45, 7) is 1.73. The number of benzene rings is 1. The van der Waals surface area contributed by atoms with Crippen molar-refractivity contribution in [2.75, 3.05) is 13.1 Å². The number of aromatic nitrogens is 1. The van der Waals surface area contributed by atoms with Crippen LogP contribution in [0.15, 0.2) is 48.7 Å². The summed E-state index contributed by atoms with van der Waals surface area (Å²) in [5.41, 5.74) is 0.993. The van der Waals surface area contributed by atoms with E-state index in [-0.39, 0.29) is 27.7 Å². The Balaban J connectivity index is 1.39. The molecule has 3 rings (SSSR count). The van der Waals surface area contributed by atoms with Crippen LogP contribution in [0.5, 0.6) is 0 Å². The fraction of sp³-hybridized carbons (Fsp3) is 0.368. The number of carbonyl (C=O) groups excluding carboxylic acids is 1. The summed E-state index contributed by atoms with van der Waals surface area (Å²) >= 11 is -0.253. The van der Waals surface area contributed by atoms with Gasteiger partial charge in [-0.3, -0.25) is 0 Å². The molecule has 1 aromatic heterocycles. The van der Waals surface area contributed by atoms with Crippen molar-refractivity contribution in [1.82, 2.24) is 9.88 Å². The monoisotopic (exact) mass is 403 g/mol. The number of nitrogens with zero attached hydrogens (tertiary/aromatic N) is 2. The molecule has 1 aliphatic rings. The van der Waals surface area contributed by atoms with Gasteiger partial charge in [-0.15, -0.1) is 0 Å². The summed E-state index contributed by atoms with van der Waals surface area (Å²) in [7, 11) is 0. The molecule has 2 heterocycles. The molecule has 1 aliphatic heterocycles. The minimum atomic E-state index is -0.253. The van der Waals surface area contributed by atoms with Crippen molar-refractivity contribution >= 4 is 26.3 Å². The number of halogens is 1. The van der Waals surface area contributed by atoms with Gasteiger partial charge in [0, 0.05) is 0 Å². The van der Waals surface area contributed by atoms with E-state index in [1.165, 1.54) is 6.07 Å². The molecule has 6 heteroatoms. The van der Waals surface area contributed by atoms with Gasteiger partial charge in [0.05, 0.1) is 0 Å². The summed E-state index contributed by atoms with van der Waals surface area (Å²) in [5, 5.41) is 0.997. The van der Waals surface area contributed by atoms with Crippen LogP contribution < -0.4 is 4.48 Å². The maximum absolute atomic E-state index is 13.6. The van der Waals surface area contributed by atoms with E-state index in [0.717, 1.165) is 23.6 Å². The number of rotatable bonds is 5. The Bertz CT molecular complexity index is 691. The number of piperidine rings is 1. The Morgan fingerprint density at radius 1 is 1.20 bits per heavy atom. The molecule has 0 atom stereocenters. The fourth-order valence-electron chi connectivity index (χ4n) is 2.82. The van der Waals surface area contributed by atoms with Gasteiger partial charge >= 0.3 is 154 Å². The molecular formula is C19H21AsFN2O2. The van der Waals surface area contributed by atoms with E-state index in [9.17, 15) is 9.18 Å². The zero-order valence-electron chi connectivity index (χ0n) is 14.0. The molecule has 1 aromatic carbocycles. The Morgan fingerprint density at radius 2 is 1.96 bits per heavy atom. The molecule has 0 unspecified atom stereocenters. The van der Waals surface area contributed by atoms with E-state index < -0.39 is 0 Å². The van der Waals surface area contributed by atoms with E-state index in [1.54, 1.807) is 17.2 Å². The van der Waals surface area contributed by atoms with Gasteiger partial charge in [0.2, 0.25) is 0 Å². The second-order valence-corrected chi connectivity index (χ2v) is 8.44. The van der Waals surface area contributed by atoms with Gasteiger partial charge in [-0.25, -0.2) is 0 Å². The van der Waals surface area contributed by atoms with Crippen LogP contribution >= 0.6 is 0 Å². The van der Waals surface area contributed by atoms with Crippen LogP contribution in [0.1, 0.15) is 18.4 Å². The number of pyridine rings is 1. The van der Waals surface area contributed by atoms with Gasteiger partial charge in [0.15, 0.2) is 0 Å². The summed E-state index contributed by atoms with van der Waals surface area (Å²) < 4.78 is 19.6. The van der Waals surface area contributed by atoms with E-state index >= 15 is 0 Å². The summed E-state index contributed by atoms with van der Waals surface area (Å²) in [6, 6.07) is 12.8. The normalized spacial score (nSPS) is 15.6. The zero-order chi connectivity index (χ0) is 17.5. The molecule has 131 valence electrons. The minimum absolute atomic E-state index is 0.190. The van der Waals surface area contributed by atoms with Gasteiger partial charge in [-0.1, -0.05) is 0 Å². The van der Waals surface area contributed by atoms with E-state index in [1.807, 2.05) is 30.3 Å². The predicted octanol–water partition coefficient (Wildman–Crippen LogP) is 3.02. The van der Waals surface area contributed by atoms with E-state index in [2.05, 4.69) is 4.98 Å². The molecule has 25 heavy (non-hydrogen) atoms.